The highest BCUT2D eigenvalue weighted by atomic mass is 32.2. The van der Waals surface area contributed by atoms with E-state index in [2.05, 4.69) is 4.98 Å². The highest BCUT2D eigenvalue weighted by molar-refractivity contribution is 8.02. The van der Waals surface area contributed by atoms with Gasteiger partial charge in [0.25, 0.3) is 0 Å². The van der Waals surface area contributed by atoms with Crippen LogP contribution in [0, 0.1) is 12.8 Å². The Morgan fingerprint density at radius 1 is 1.60 bits per heavy atom. The normalized spacial score (nSPS) is 13.1. The van der Waals surface area contributed by atoms with E-state index in [0.717, 1.165) is 9.90 Å². The van der Waals surface area contributed by atoms with Crippen molar-refractivity contribution in [2.45, 2.75) is 30.2 Å². The van der Waals surface area contributed by atoms with Gasteiger partial charge in [-0.3, -0.25) is 4.79 Å². The van der Waals surface area contributed by atoms with E-state index in [4.69, 9.17) is 10.8 Å². The number of aliphatic carboxylic acids is 1. The van der Waals surface area contributed by atoms with Gasteiger partial charge in [-0.05, 0) is 12.8 Å². The second-order valence-electron chi connectivity index (χ2n) is 3.55. The van der Waals surface area contributed by atoms with Crippen LogP contribution in [0.4, 0.5) is 5.13 Å². The third kappa shape index (κ3) is 3.10. The van der Waals surface area contributed by atoms with Crippen LogP contribution in [0.15, 0.2) is 4.21 Å². The molecule has 0 saturated heterocycles. The van der Waals surface area contributed by atoms with Gasteiger partial charge in [0.15, 0.2) is 5.13 Å². The highest BCUT2D eigenvalue weighted by Gasteiger charge is 2.24. The van der Waals surface area contributed by atoms with E-state index >= 15 is 0 Å². The molecule has 1 aromatic rings. The summed E-state index contributed by atoms with van der Waals surface area (Å²) in [6.45, 7) is 5.63. The molecule has 0 aliphatic carbocycles. The van der Waals surface area contributed by atoms with Crippen molar-refractivity contribution < 1.29 is 9.90 Å². The summed E-state index contributed by atoms with van der Waals surface area (Å²) in [5.41, 5.74) is 6.37. The first-order valence-electron chi connectivity index (χ1n) is 4.54. The lowest BCUT2D eigenvalue weighted by atomic mass is 10.1. The first-order valence-corrected chi connectivity index (χ1v) is 6.23. The van der Waals surface area contributed by atoms with Crippen molar-refractivity contribution >= 4 is 34.2 Å². The number of nitrogens with zero attached hydrogens (tertiary/aromatic N) is 1. The van der Waals surface area contributed by atoms with Crippen molar-refractivity contribution in [1.29, 1.82) is 0 Å². The molecule has 4 nitrogen and oxygen atoms in total. The van der Waals surface area contributed by atoms with Crippen LogP contribution < -0.4 is 5.73 Å². The van der Waals surface area contributed by atoms with Crippen LogP contribution in [0.2, 0.25) is 0 Å². The summed E-state index contributed by atoms with van der Waals surface area (Å²) < 4.78 is 0.897. The smallest absolute Gasteiger partial charge is 0.317 e. The van der Waals surface area contributed by atoms with Crippen molar-refractivity contribution in [1.82, 2.24) is 4.98 Å². The van der Waals surface area contributed by atoms with Gasteiger partial charge in [-0.1, -0.05) is 36.9 Å². The summed E-state index contributed by atoms with van der Waals surface area (Å²) in [5.74, 6) is -0.711. The number of aromatic nitrogens is 1. The summed E-state index contributed by atoms with van der Waals surface area (Å²) in [6.07, 6.45) is 0. The quantitative estimate of drug-likeness (QED) is 0.797. The Kier molecular flexibility index (Phi) is 3.98. The summed E-state index contributed by atoms with van der Waals surface area (Å²) in [4.78, 5) is 15.1. The SMILES string of the molecule is Cc1nc(N)sc1SC(C(=O)O)C(C)C. The van der Waals surface area contributed by atoms with Crippen LogP contribution in [-0.4, -0.2) is 21.3 Å². The maximum absolute atomic E-state index is 11.0. The number of carboxylic acid groups (broad SMARTS) is 1. The van der Waals surface area contributed by atoms with Gasteiger partial charge in [-0.2, -0.15) is 0 Å². The fraction of sp³-hybridized carbons (Fsp3) is 0.556. The van der Waals surface area contributed by atoms with Crippen molar-refractivity contribution in [2.24, 2.45) is 5.92 Å². The molecule has 0 radical (unpaired) electrons. The van der Waals surface area contributed by atoms with Gasteiger partial charge in [0.1, 0.15) is 5.25 Å². The van der Waals surface area contributed by atoms with E-state index in [1.165, 1.54) is 23.1 Å². The van der Waals surface area contributed by atoms with Crippen LogP contribution in [0.3, 0.4) is 0 Å². The van der Waals surface area contributed by atoms with E-state index < -0.39 is 11.2 Å². The number of anilines is 1. The second-order valence-corrected chi connectivity index (χ2v) is 5.99. The predicted molar refractivity (Wildman–Crippen MR) is 63.4 cm³/mol. The summed E-state index contributed by atoms with van der Waals surface area (Å²) in [5, 5.41) is 9.08. The molecule has 0 fully saturated rings. The molecule has 1 rings (SSSR count). The van der Waals surface area contributed by atoms with Gasteiger partial charge in [0.2, 0.25) is 0 Å². The third-order valence-electron chi connectivity index (χ3n) is 1.85. The minimum absolute atomic E-state index is 0.0789. The van der Waals surface area contributed by atoms with E-state index in [1.807, 2.05) is 20.8 Å². The van der Waals surface area contributed by atoms with Crippen LogP contribution in [0.25, 0.3) is 0 Å². The minimum atomic E-state index is -0.790. The van der Waals surface area contributed by atoms with E-state index in [0.29, 0.717) is 5.13 Å². The minimum Gasteiger partial charge on any atom is -0.480 e. The average molecular weight is 246 g/mol. The highest BCUT2D eigenvalue weighted by Crippen LogP contribution is 2.35. The zero-order valence-electron chi connectivity index (χ0n) is 8.85. The molecule has 1 aromatic heterocycles. The number of hydrogen-bond donors (Lipinski definition) is 2. The molecule has 1 unspecified atom stereocenters. The first kappa shape index (κ1) is 12.3. The number of aryl methyl sites for hydroxylation is 1. The molecule has 6 heteroatoms. The maximum Gasteiger partial charge on any atom is 0.317 e. The van der Waals surface area contributed by atoms with Gasteiger partial charge in [-0.15, -0.1) is 0 Å². The zero-order valence-corrected chi connectivity index (χ0v) is 10.5. The van der Waals surface area contributed by atoms with Crippen molar-refractivity contribution in [3.63, 3.8) is 0 Å². The number of thiazole rings is 1. The lowest BCUT2D eigenvalue weighted by molar-refractivity contribution is -0.137. The predicted octanol–water partition coefficient (Wildman–Crippen LogP) is 2.24. The van der Waals surface area contributed by atoms with Gasteiger partial charge < -0.3 is 10.8 Å². The monoisotopic (exact) mass is 246 g/mol. The lowest BCUT2D eigenvalue weighted by Crippen LogP contribution is -2.22. The van der Waals surface area contributed by atoms with Gasteiger partial charge in [0.05, 0.1) is 9.90 Å². The second kappa shape index (κ2) is 4.85. The number of hydrogen-bond acceptors (Lipinski definition) is 5. The summed E-state index contributed by atoms with van der Waals surface area (Å²) in [7, 11) is 0. The number of carbonyl (C=O) groups is 1. The standard InChI is InChI=1S/C9H14N2O2S2/c1-4(2)6(7(12)13)14-8-5(3)11-9(10)15-8/h4,6H,1-3H3,(H2,10,11)(H,12,13). The summed E-state index contributed by atoms with van der Waals surface area (Å²) in [6, 6.07) is 0. The van der Waals surface area contributed by atoms with Crippen molar-refractivity contribution in [2.75, 3.05) is 5.73 Å². The van der Waals surface area contributed by atoms with Crippen LogP contribution >= 0.6 is 23.1 Å². The molecular formula is C9H14N2O2S2. The molecule has 1 atom stereocenters. The maximum atomic E-state index is 11.0. The van der Waals surface area contributed by atoms with Crippen molar-refractivity contribution in [3.8, 4) is 0 Å². The Hall–Kier alpha value is -0.750. The fourth-order valence-corrected chi connectivity index (χ4v) is 3.24. The van der Waals surface area contributed by atoms with Crippen molar-refractivity contribution in [3.05, 3.63) is 5.69 Å². The molecule has 0 aromatic carbocycles. The van der Waals surface area contributed by atoms with Gasteiger partial charge >= 0.3 is 5.97 Å². The summed E-state index contributed by atoms with van der Waals surface area (Å²) >= 11 is 2.67. The lowest BCUT2D eigenvalue weighted by Gasteiger charge is -2.14. The number of rotatable bonds is 4. The molecular weight excluding hydrogens is 232 g/mol. The van der Waals surface area contributed by atoms with Crippen LogP contribution in [0.5, 0.6) is 0 Å². The molecule has 3 N–H and O–H groups in total. The molecule has 0 bridgehead atoms. The fourth-order valence-electron chi connectivity index (χ4n) is 1.10. The largest absolute Gasteiger partial charge is 0.480 e. The third-order valence-corrected chi connectivity index (χ3v) is 4.68. The molecule has 0 aliphatic heterocycles. The molecule has 15 heavy (non-hydrogen) atoms. The Morgan fingerprint density at radius 3 is 2.53 bits per heavy atom. The Labute approximate surface area is 96.9 Å². The topological polar surface area (TPSA) is 76.2 Å². The number of thioether (sulfide) groups is 1. The molecule has 0 amide bonds. The van der Waals surface area contributed by atoms with Crippen LogP contribution in [-0.2, 0) is 4.79 Å². The van der Waals surface area contributed by atoms with Crippen LogP contribution in [0.1, 0.15) is 19.5 Å². The Bertz CT molecular complexity index is 363. The average Bonchev–Trinajstić information content (AvgIpc) is 2.39. The molecule has 84 valence electrons. The number of nitrogens with two attached hydrogens (primary N) is 1. The van der Waals surface area contributed by atoms with Gasteiger partial charge in [-0.25, -0.2) is 4.98 Å². The molecule has 0 aliphatic rings. The Balaban J connectivity index is 2.83. The first-order chi connectivity index (χ1) is 6.91. The van der Waals surface area contributed by atoms with E-state index in [9.17, 15) is 4.79 Å². The van der Waals surface area contributed by atoms with E-state index in [1.54, 1.807) is 0 Å². The molecule has 0 spiro atoms. The molecule has 0 saturated carbocycles. The molecule has 1 heterocycles. The van der Waals surface area contributed by atoms with E-state index in [-0.39, 0.29) is 5.92 Å². The Morgan fingerprint density at radius 2 is 2.20 bits per heavy atom. The number of nitrogen functional groups attached to an aromatic ring is 1. The number of carboxylic acids is 1. The zero-order chi connectivity index (χ0) is 11.6. The van der Waals surface area contributed by atoms with Gasteiger partial charge in [0, 0.05) is 0 Å².